The lowest BCUT2D eigenvalue weighted by molar-refractivity contribution is 0.0703. The van der Waals surface area contributed by atoms with E-state index in [1.54, 1.807) is 6.07 Å². The van der Waals surface area contributed by atoms with Gasteiger partial charge in [0.05, 0.1) is 5.69 Å². The van der Waals surface area contributed by atoms with Crippen molar-refractivity contribution < 1.29 is 4.79 Å². The van der Waals surface area contributed by atoms with Crippen molar-refractivity contribution in [3.8, 4) is 0 Å². The number of aromatic amines is 1. The Labute approximate surface area is 139 Å². The SMILES string of the molecule is Cc1cn(C)c([C@H]2CCCN(C(=O)c3ccc4n[nH]nc4c3)C2)n1. The van der Waals surface area contributed by atoms with Gasteiger partial charge in [-0.05, 0) is 38.0 Å². The van der Waals surface area contributed by atoms with Gasteiger partial charge in [0.25, 0.3) is 5.91 Å². The van der Waals surface area contributed by atoms with E-state index in [9.17, 15) is 4.79 Å². The molecule has 1 N–H and O–H groups in total. The third-order valence-electron chi connectivity index (χ3n) is 4.67. The van der Waals surface area contributed by atoms with Crippen LogP contribution in [0.5, 0.6) is 0 Å². The highest BCUT2D eigenvalue weighted by Crippen LogP contribution is 2.27. The highest BCUT2D eigenvalue weighted by Gasteiger charge is 2.28. The fourth-order valence-electron chi connectivity index (χ4n) is 3.54. The number of aromatic nitrogens is 5. The fraction of sp³-hybridized carbons (Fsp3) is 0.412. The molecular formula is C17H20N6O. The number of H-pyrrole nitrogens is 1. The average Bonchev–Trinajstić information content (AvgIpc) is 3.19. The first-order chi connectivity index (χ1) is 11.6. The van der Waals surface area contributed by atoms with Crippen LogP contribution in [0.4, 0.5) is 0 Å². The van der Waals surface area contributed by atoms with Crippen molar-refractivity contribution in [1.82, 2.24) is 29.9 Å². The minimum atomic E-state index is 0.0514. The van der Waals surface area contributed by atoms with Crippen LogP contribution in [0.2, 0.25) is 0 Å². The summed E-state index contributed by atoms with van der Waals surface area (Å²) in [5, 5.41) is 10.7. The Morgan fingerprint density at radius 1 is 1.29 bits per heavy atom. The monoisotopic (exact) mass is 324 g/mol. The van der Waals surface area contributed by atoms with E-state index in [2.05, 4.69) is 25.0 Å². The zero-order valence-corrected chi connectivity index (χ0v) is 13.9. The van der Waals surface area contributed by atoms with Gasteiger partial charge >= 0.3 is 0 Å². The molecule has 0 spiro atoms. The molecule has 1 aliphatic heterocycles. The Hall–Kier alpha value is -2.70. The van der Waals surface area contributed by atoms with E-state index in [4.69, 9.17) is 0 Å². The van der Waals surface area contributed by atoms with Crippen molar-refractivity contribution >= 4 is 16.9 Å². The van der Waals surface area contributed by atoms with Crippen LogP contribution in [0.15, 0.2) is 24.4 Å². The van der Waals surface area contributed by atoms with Gasteiger partial charge in [0.1, 0.15) is 16.9 Å². The minimum absolute atomic E-state index is 0.0514. The van der Waals surface area contributed by atoms with Crippen LogP contribution >= 0.6 is 0 Å². The van der Waals surface area contributed by atoms with Crippen molar-refractivity contribution in [3.63, 3.8) is 0 Å². The molecule has 0 radical (unpaired) electrons. The average molecular weight is 324 g/mol. The molecule has 1 amide bonds. The summed E-state index contributed by atoms with van der Waals surface area (Å²) in [5.41, 5.74) is 3.17. The number of carbonyl (C=O) groups is 1. The van der Waals surface area contributed by atoms with Crippen molar-refractivity contribution in [2.24, 2.45) is 7.05 Å². The van der Waals surface area contributed by atoms with E-state index in [1.807, 2.05) is 37.2 Å². The Balaban J connectivity index is 1.56. The van der Waals surface area contributed by atoms with E-state index in [0.29, 0.717) is 17.6 Å². The number of piperidine rings is 1. The van der Waals surface area contributed by atoms with Crippen molar-refractivity contribution in [2.45, 2.75) is 25.7 Å². The maximum absolute atomic E-state index is 12.9. The number of imidazole rings is 1. The van der Waals surface area contributed by atoms with Crippen LogP contribution in [0.1, 0.15) is 40.6 Å². The Morgan fingerprint density at radius 3 is 2.92 bits per heavy atom. The maximum Gasteiger partial charge on any atom is 0.253 e. The molecule has 124 valence electrons. The second-order valence-electron chi connectivity index (χ2n) is 6.47. The number of fused-ring (bicyclic) bond motifs is 1. The smallest absolute Gasteiger partial charge is 0.253 e. The molecule has 1 saturated heterocycles. The van der Waals surface area contributed by atoms with Gasteiger partial charge in [-0.3, -0.25) is 4.79 Å². The molecule has 4 rings (SSSR count). The van der Waals surface area contributed by atoms with Gasteiger partial charge in [0.2, 0.25) is 0 Å². The molecule has 7 heteroatoms. The quantitative estimate of drug-likeness (QED) is 0.782. The number of carbonyl (C=O) groups excluding carboxylic acids is 1. The van der Waals surface area contributed by atoms with E-state index < -0.39 is 0 Å². The zero-order valence-electron chi connectivity index (χ0n) is 13.9. The van der Waals surface area contributed by atoms with Crippen LogP contribution in [-0.4, -0.2) is 48.9 Å². The second-order valence-corrected chi connectivity index (χ2v) is 6.47. The Bertz CT molecular complexity index is 896. The Morgan fingerprint density at radius 2 is 2.12 bits per heavy atom. The molecule has 24 heavy (non-hydrogen) atoms. The fourth-order valence-corrected chi connectivity index (χ4v) is 3.54. The van der Waals surface area contributed by atoms with Gasteiger partial charge < -0.3 is 9.47 Å². The normalized spacial score (nSPS) is 18.2. The largest absolute Gasteiger partial charge is 0.338 e. The van der Waals surface area contributed by atoms with E-state index >= 15 is 0 Å². The lowest BCUT2D eigenvalue weighted by atomic mass is 9.96. The van der Waals surface area contributed by atoms with Crippen molar-refractivity contribution in [2.75, 3.05) is 13.1 Å². The molecule has 1 fully saturated rings. The molecule has 3 aromatic rings. The summed E-state index contributed by atoms with van der Waals surface area (Å²) in [5.74, 6) is 1.41. The van der Waals surface area contributed by atoms with Crippen LogP contribution in [0.3, 0.4) is 0 Å². The second kappa shape index (κ2) is 5.74. The zero-order chi connectivity index (χ0) is 16.7. The number of rotatable bonds is 2. The number of nitrogens with zero attached hydrogens (tertiary/aromatic N) is 5. The molecule has 0 saturated carbocycles. The van der Waals surface area contributed by atoms with Gasteiger partial charge in [-0.25, -0.2) is 4.98 Å². The minimum Gasteiger partial charge on any atom is -0.338 e. The Kier molecular flexibility index (Phi) is 3.55. The van der Waals surface area contributed by atoms with Crippen LogP contribution in [0.25, 0.3) is 11.0 Å². The third kappa shape index (κ3) is 2.55. The topological polar surface area (TPSA) is 79.7 Å². The van der Waals surface area contributed by atoms with Gasteiger partial charge in [-0.1, -0.05) is 0 Å². The summed E-state index contributed by atoms with van der Waals surface area (Å²) in [7, 11) is 2.02. The van der Waals surface area contributed by atoms with Crippen LogP contribution in [0, 0.1) is 6.92 Å². The summed E-state index contributed by atoms with van der Waals surface area (Å²) in [6.45, 7) is 3.50. The summed E-state index contributed by atoms with van der Waals surface area (Å²) in [6, 6.07) is 5.45. The standard InChI is InChI=1S/C17H20N6O/c1-11-9-22(2)16(18-11)13-4-3-7-23(10-13)17(24)12-5-6-14-15(8-12)20-21-19-14/h5-6,8-9,13H,3-4,7,10H2,1-2H3,(H,19,20,21)/t13-/m0/s1. The lowest BCUT2D eigenvalue weighted by Crippen LogP contribution is -2.39. The molecule has 1 aromatic carbocycles. The highest BCUT2D eigenvalue weighted by molar-refractivity contribution is 5.97. The number of likely N-dealkylation sites (tertiary alicyclic amines) is 1. The molecule has 0 bridgehead atoms. The van der Waals surface area contributed by atoms with Crippen molar-refractivity contribution in [1.29, 1.82) is 0 Å². The predicted molar refractivity (Wildman–Crippen MR) is 89.7 cm³/mol. The molecule has 0 unspecified atom stereocenters. The molecule has 2 aromatic heterocycles. The van der Waals surface area contributed by atoms with E-state index in [0.717, 1.165) is 36.4 Å². The summed E-state index contributed by atoms with van der Waals surface area (Å²) < 4.78 is 2.08. The molecule has 1 aliphatic rings. The van der Waals surface area contributed by atoms with Crippen LogP contribution in [-0.2, 0) is 7.05 Å². The summed E-state index contributed by atoms with van der Waals surface area (Å²) >= 11 is 0. The molecule has 3 heterocycles. The van der Waals surface area contributed by atoms with E-state index in [1.165, 1.54) is 0 Å². The summed E-state index contributed by atoms with van der Waals surface area (Å²) in [4.78, 5) is 19.4. The van der Waals surface area contributed by atoms with E-state index in [-0.39, 0.29) is 11.8 Å². The molecular weight excluding hydrogens is 304 g/mol. The number of aryl methyl sites for hydroxylation is 2. The molecule has 1 atom stereocenters. The maximum atomic E-state index is 12.9. The van der Waals surface area contributed by atoms with Gasteiger partial charge in [0, 0.05) is 37.8 Å². The number of amides is 1. The first kappa shape index (κ1) is 14.9. The van der Waals surface area contributed by atoms with Crippen LogP contribution < -0.4 is 0 Å². The van der Waals surface area contributed by atoms with Gasteiger partial charge in [-0.2, -0.15) is 15.4 Å². The number of hydrogen-bond acceptors (Lipinski definition) is 4. The first-order valence-corrected chi connectivity index (χ1v) is 8.21. The first-order valence-electron chi connectivity index (χ1n) is 8.21. The lowest BCUT2D eigenvalue weighted by Gasteiger charge is -2.32. The van der Waals surface area contributed by atoms with Gasteiger partial charge in [-0.15, -0.1) is 0 Å². The van der Waals surface area contributed by atoms with Crippen molar-refractivity contribution in [3.05, 3.63) is 41.5 Å². The predicted octanol–water partition coefficient (Wildman–Crippen LogP) is 2.02. The summed E-state index contributed by atoms with van der Waals surface area (Å²) in [6.07, 6.45) is 4.10. The number of benzene rings is 1. The van der Waals surface area contributed by atoms with Gasteiger partial charge in [0.15, 0.2) is 0 Å². The highest BCUT2D eigenvalue weighted by atomic mass is 16.2. The molecule has 7 nitrogen and oxygen atoms in total. The third-order valence-corrected chi connectivity index (χ3v) is 4.67. The number of hydrogen-bond donors (Lipinski definition) is 1. The molecule has 0 aliphatic carbocycles. The number of nitrogens with one attached hydrogen (secondary N) is 1.